The van der Waals surface area contributed by atoms with Crippen LogP contribution in [0.1, 0.15) is 102 Å². The van der Waals surface area contributed by atoms with Crippen LogP contribution in [0.5, 0.6) is 5.75 Å². The molecule has 0 aliphatic rings. The van der Waals surface area contributed by atoms with E-state index in [0.717, 1.165) is 11.5 Å². The van der Waals surface area contributed by atoms with Crippen molar-refractivity contribution in [3.8, 4) is 5.75 Å². The third-order valence-electron chi connectivity index (χ3n) is 5.26. The predicted molar refractivity (Wildman–Crippen MR) is 134 cm³/mol. The first-order valence-corrected chi connectivity index (χ1v) is 14.1. The molecule has 0 amide bonds. The number of unbranched alkanes of at least 4 members (excludes halogenated alkanes) is 10. The van der Waals surface area contributed by atoms with Crippen LogP contribution in [0, 0.1) is 10.1 Å². The third kappa shape index (κ3) is 12.1. The van der Waals surface area contributed by atoms with E-state index in [9.17, 15) is 15.2 Å². The highest BCUT2D eigenvalue weighted by Crippen LogP contribution is 2.34. The zero-order chi connectivity index (χ0) is 22.0. The average molecular weight is 456 g/mol. The molecule has 0 radical (unpaired) electrons. The number of non-ortho nitro benzene ring substituents is 1. The van der Waals surface area contributed by atoms with Crippen molar-refractivity contribution in [2.75, 3.05) is 11.5 Å². The number of nitrogens with zero attached hydrogens (tertiary/aromatic N) is 1. The Morgan fingerprint density at radius 1 is 0.767 bits per heavy atom. The number of benzene rings is 1. The van der Waals surface area contributed by atoms with Crippen LogP contribution in [0.15, 0.2) is 12.1 Å². The largest absolute Gasteiger partial charge is 0.507 e. The molecule has 172 valence electrons. The number of thioether (sulfide) groups is 2. The van der Waals surface area contributed by atoms with Gasteiger partial charge in [-0.2, -0.15) is 23.5 Å². The molecule has 0 fully saturated rings. The Morgan fingerprint density at radius 2 is 1.17 bits per heavy atom. The first-order valence-electron chi connectivity index (χ1n) is 11.7. The molecule has 0 atom stereocenters. The van der Waals surface area contributed by atoms with Crippen molar-refractivity contribution in [3.63, 3.8) is 0 Å². The molecule has 0 saturated carbocycles. The number of nitro groups is 1. The fourth-order valence-electron chi connectivity index (χ4n) is 3.40. The third-order valence-corrected chi connectivity index (χ3v) is 7.45. The summed E-state index contributed by atoms with van der Waals surface area (Å²) in [4.78, 5) is 11.0. The standard InChI is InChI=1S/C24H41NO3S2/c1-3-5-7-9-11-13-15-29-19-21-17-23(25(27)28)18-22(24(21)26)20-30-16-14-12-10-8-6-4-2/h17-18,26H,3-16,19-20H2,1-2H3. The van der Waals surface area contributed by atoms with Crippen LogP contribution in [-0.2, 0) is 11.5 Å². The van der Waals surface area contributed by atoms with E-state index in [1.165, 1.54) is 77.0 Å². The maximum atomic E-state index is 11.3. The summed E-state index contributed by atoms with van der Waals surface area (Å²) in [7, 11) is 0. The smallest absolute Gasteiger partial charge is 0.270 e. The van der Waals surface area contributed by atoms with Crippen molar-refractivity contribution < 1.29 is 10.0 Å². The molecular formula is C24H41NO3S2. The van der Waals surface area contributed by atoms with Crippen LogP contribution in [0.2, 0.25) is 0 Å². The summed E-state index contributed by atoms with van der Waals surface area (Å²) in [5, 5.41) is 22.0. The van der Waals surface area contributed by atoms with E-state index in [-0.39, 0.29) is 16.4 Å². The van der Waals surface area contributed by atoms with Gasteiger partial charge in [0.25, 0.3) is 5.69 Å². The zero-order valence-corrected chi connectivity index (χ0v) is 20.6. The molecule has 0 aromatic heterocycles. The minimum atomic E-state index is -0.344. The fourth-order valence-corrected chi connectivity index (χ4v) is 5.39. The Kier molecular flexibility index (Phi) is 16.1. The van der Waals surface area contributed by atoms with Crippen LogP contribution in [0.3, 0.4) is 0 Å². The minimum absolute atomic E-state index is 0.0955. The molecule has 0 aliphatic heterocycles. The molecule has 30 heavy (non-hydrogen) atoms. The lowest BCUT2D eigenvalue weighted by Gasteiger charge is -2.10. The summed E-state index contributed by atoms with van der Waals surface area (Å²) in [6.07, 6.45) is 15.2. The molecule has 0 saturated heterocycles. The number of phenols is 1. The summed E-state index contributed by atoms with van der Waals surface area (Å²) in [6, 6.07) is 3.09. The Morgan fingerprint density at radius 3 is 1.57 bits per heavy atom. The van der Waals surface area contributed by atoms with Crippen LogP contribution in [-0.4, -0.2) is 21.5 Å². The highest BCUT2D eigenvalue weighted by molar-refractivity contribution is 7.98. The van der Waals surface area contributed by atoms with Crippen molar-refractivity contribution in [2.45, 2.75) is 102 Å². The van der Waals surface area contributed by atoms with Gasteiger partial charge in [0.1, 0.15) is 5.75 Å². The normalized spacial score (nSPS) is 11.1. The van der Waals surface area contributed by atoms with Crippen molar-refractivity contribution in [3.05, 3.63) is 33.4 Å². The molecule has 4 nitrogen and oxygen atoms in total. The van der Waals surface area contributed by atoms with Gasteiger partial charge in [-0.3, -0.25) is 10.1 Å². The van der Waals surface area contributed by atoms with Crippen LogP contribution in [0.4, 0.5) is 5.69 Å². The lowest BCUT2D eigenvalue weighted by molar-refractivity contribution is -0.385. The number of hydrogen-bond acceptors (Lipinski definition) is 5. The van der Waals surface area contributed by atoms with E-state index < -0.39 is 0 Å². The van der Waals surface area contributed by atoms with Gasteiger partial charge in [0.15, 0.2) is 0 Å². The Labute approximate surface area is 192 Å². The second kappa shape index (κ2) is 17.8. The van der Waals surface area contributed by atoms with E-state index in [4.69, 9.17) is 0 Å². The van der Waals surface area contributed by atoms with Crippen LogP contribution < -0.4 is 0 Å². The molecule has 1 aromatic carbocycles. The molecule has 0 spiro atoms. The second-order valence-corrected chi connectivity index (χ2v) is 10.2. The number of rotatable bonds is 19. The lowest BCUT2D eigenvalue weighted by Crippen LogP contribution is -1.96. The van der Waals surface area contributed by atoms with Gasteiger partial charge in [0.2, 0.25) is 0 Å². The van der Waals surface area contributed by atoms with Gasteiger partial charge in [0, 0.05) is 34.8 Å². The molecule has 1 N–H and O–H groups in total. The zero-order valence-electron chi connectivity index (χ0n) is 19.0. The summed E-state index contributed by atoms with van der Waals surface area (Å²) in [5.41, 5.74) is 1.50. The van der Waals surface area contributed by atoms with Crippen LogP contribution in [0.25, 0.3) is 0 Å². The Bertz CT molecular complexity index is 555. The van der Waals surface area contributed by atoms with E-state index in [0.29, 0.717) is 22.6 Å². The second-order valence-electron chi connectivity index (χ2n) is 8.01. The van der Waals surface area contributed by atoms with Crippen molar-refractivity contribution in [1.82, 2.24) is 0 Å². The van der Waals surface area contributed by atoms with Crippen molar-refractivity contribution >= 4 is 29.2 Å². The van der Waals surface area contributed by atoms with Gasteiger partial charge >= 0.3 is 0 Å². The van der Waals surface area contributed by atoms with Gasteiger partial charge in [-0.1, -0.05) is 78.1 Å². The molecular weight excluding hydrogens is 414 g/mol. The number of phenolic OH excluding ortho intramolecular Hbond substituents is 1. The summed E-state index contributed by atoms with van der Waals surface area (Å²) in [5.74, 6) is 3.61. The predicted octanol–water partition coefficient (Wildman–Crippen LogP) is 8.49. The van der Waals surface area contributed by atoms with Gasteiger partial charge in [-0.05, 0) is 24.3 Å². The lowest BCUT2D eigenvalue weighted by atomic mass is 10.1. The van der Waals surface area contributed by atoms with Crippen molar-refractivity contribution in [2.24, 2.45) is 0 Å². The van der Waals surface area contributed by atoms with E-state index in [1.807, 2.05) is 0 Å². The Balaban J connectivity index is 2.44. The molecule has 0 aliphatic carbocycles. The van der Waals surface area contributed by atoms with Crippen LogP contribution >= 0.6 is 23.5 Å². The number of hydrogen-bond donors (Lipinski definition) is 1. The minimum Gasteiger partial charge on any atom is -0.507 e. The summed E-state index contributed by atoms with van der Waals surface area (Å²) < 4.78 is 0. The maximum absolute atomic E-state index is 11.3. The molecule has 6 heteroatoms. The number of nitro benzene ring substituents is 1. The average Bonchev–Trinajstić information content (AvgIpc) is 2.73. The Hall–Kier alpha value is -0.880. The summed E-state index contributed by atoms with van der Waals surface area (Å²) in [6.45, 7) is 4.45. The first kappa shape index (κ1) is 27.2. The molecule has 0 heterocycles. The monoisotopic (exact) mass is 455 g/mol. The van der Waals surface area contributed by atoms with E-state index in [1.54, 1.807) is 35.7 Å². The highest BCUT2D eigenvalue weighted by atomic mass is 32.2. The first-order chi connectivity index (χ1) is 14.6. The van der Waals surface area contributed by atoms with Gasteiger partial charge in [-0.25, -0.2) is 0 Å². The van der Waals surface area contributed by atoms with Gasteiger partial charge in [0.05, 0.1) is 4.92 Å². The molecule has 1 rings (SSSR count). The van der Waals surface area contributed by atoms with Gasteiger partial charge < -0.3 is 5.11 Å². The molecule has 1 aromatic rings. The fraction of sp³-hybridized carbons (Fsp3) is 0.750. The topological polar surface area (TPSA) is 63.4 Å². The summed E-state index contributed by atoms with van der Waals surface area (Å²) >= 11 is 3.53. The van der Waals surface area contributed by atoms with E-state index >= 15 is 0 Å². The van der Waals surface area contributed by atoms with E-state index in [2.05, 4.69) is 13.8 Å². The van der Waals surface area contributed by atoms with Gasteiger partial charge in [-0.15, -0.1) is 0 Å². The molecule has 0 unspecified atom stereocenters. The highest BCUT2D eigenvalue weighted by Gasteiger charge is 2.16. The SMILES string of the molecule is CCCCCCCCSCc1cc([N+](=O)[O-])cc(CSCCCCCCCC)c1O. The quantitative estimate of drug-likeness (QED) is 0.129. The number of aromatic hydroxyl groups is 1. The van der Waals surface area contributed by atoms with Crippen molar-refractivity contribution in [1.29, 1.82) is 0 Å². The molecule has 0 bridgehead atoms. The maximum Gasteiger partial charge on any atom is 0.270 e.